The molecule has 1 fully saturated rings. The van der Waals surface area contributed by atoms with Crippen LogP contribution in [-0.2, 0) is 0 Å². The van der Waals surface area contributed by atoms with Gasteiger partial charge in [-0.25, -0.2) is 0 Å². The molecule has 1 aliphatic carbocycles. The monoisotopic (exact) mass is 154 g/mol. The molecule has 1 aromatic rings. The Morgan fingerprint density at radius 2 is 2.70 bits per heavy atom. The van der Waals surface area contributed by atoms with Gasteiger partial charge in [0.2, 0.25) is 0 Å². The van der Waals surface area contributed by atoms with Gasteiger partial charge in [-0.05, 0) is 24.8 Å². The predicted octanol–water partition coefficient (Wildman–Crippen LogP) is 1.21. The molecular formula is C7H10N2S. The summed E-state index contributed by atoms with van der Waals surface area (Å²) < 4.78 is 0. The van der Waals surface area contributed by atoms with Crippen LogP contribution in [0, 0.1) is 5.92 Å². The van der Waals surface area contributed by atoms with Gasteiger partial charge in [-0.1, -0.05) is 0 Å². The van der Waals surface area contributed by atoms with E-state index in [4.69, 9.17) is 5.73 Å². The first-order chi connectivity index (χ1) is 4.92. The Labute approximate surface area is 64.1 Å². The summed E-state index contributed by atoms with van der Waals surface area (Å²) in [5, 5.41) is 0. The van der Waals surface area contributed by atoms with Crippen LogP contribution in [0.1, 0.15) is 17.2 Å². The summed E-state index contributed by atoms with van der Waals surface area (Å²) in [7, 11) is 0. The maximum absolute atomic E-state index is 5.51. The molecular weight excluding hydrogens is 144 g/mol. The molecule has 2 atom stereocenters. The highest BCUT2D eigenvalue weighted by atomic mass is 32.1. The molecule has 3 heteroatoms. The Morgan fingerprint density at radius 1 is 1.80 bits per heavy atom. The van der Waals surface area contributed by atoms with Gasteiger partial charge in [0.05, 0.1) is 5.51 Å². The molecule has 0 saturated heterocycles. The Hall–Kier alpha value is -0.410. The maximum atomic E-state index is 5.51. The van der Waals surface area contributed by atoms with Crippen molar-refractivity contribution in [2.24, 2.45) is 11.7 Å². The molecule has 54 valence electrons. The van der Waals surface area contributed by atoms with Gasteiger partial charge < -0.3 is 5.73 Å². The van der Waals surface area contributed by atoms with Gasteiger partial charge in [0.1, 0.15) is 0 Å². The smallest absolute Gasteiger partial charge is 0.0794 e. The van der Waals surface area contributed by atoms with Gasteiger partial charge >= 0.3 is 0 Å². The van der Waals surface area contributed by atoms with E-state index in [9.17, 15) is 0 Å². The molecule has 0 aromatic carbocycles. The molecule has 1 aliphatic rings. The zero-order chi connectivity index (χ0) is 6.97. The highest BCUT2D eigenvalue weighted by molar-refractivity contribution is 7.09. The topological polar surface area (TPSA) is 38.9 Å². The van der Waals surface area contributed by atoms with Gasteiger partial charge in [-0.15, -0.1) is 11.3 Å². The minimum atomic E-state index is 0.748. The number of hydrogen-bond donors (Lipinski definition) is 1. The van der Waals surface area contributed by atoms with E-state index in [1.807, 2.05) is 11.7 Å². The van der Waals surface area contributed by atoms with Crippen molar-refractivity contribution in [3.05, 3.63) is 16.6 Å². The number of rotatable bonds is 2. The predicted molar refractivity (Wildman–Crippen MR) is 42.0 cm³/mol. The van der Waals surface area contributed by atoms with Gasteiger partial charge in [-0.2, -0.15) is 0 Å². The van der Waals surface area contributed by atoms with E-state index >= 15 is 0 Å². The minimum absolute atomic E-state index is 0.748. The number of nitrogens with zero attached hydrogens (tertiary/aromatic N) is 1. The summed E-state index contributed by atoms with van der Waals surface area (Å²) in [4.78, 5) is 5.44. The Kier molecular flexibility index (Phi) is 1.47. The first-order valence-electron chi connectivity index (χ1n) is 3.50. The van der Waals surface area contributed by atoms with E-state index in [2.05, 4.69) is 4.98 Å². The zero-order valence-electron chi connectivity index (χ0n) is 5.66. The number of nitrogens with two attached hydrogens (primary N) is 1. The molecule has 1 aromatic heterocycles. The molecule has 2 unspecified atom stereocenters. The van der Waals surface area contributed by atoms with Crippen molar-refractivity contribution < 1.29 is 0 Å². The van der Waals surface area contributed by atoms with Crippen LogP contribution < -0.4 is 5.73 Å². The number of thiazole rings is 1. The van der Waals surface area contributed by atoms with Gasteiger partial charge in [-0.3, -0.25) is 4.98 Å². The molecule has 0 aliphatic heterocycles. The average Bonchev–Trinajstić information content (AvgIpc) is 2.56. The highest BCUT2D eigenvalue weighted by Crippen LogP contribution is 2.47. The molecule has 2 N–H and O–H groups in total. The highest BCUT2D eigenvalue weighted by Gasteiger charge is 2.37. The van der Waals surface area contributed by atoms with Crippen LogP contribution in [0.2, 0.25) is 0 Å². The third-order valence-electron chi connectivity index (χ3n) is 2.04. The Bertz CT molecular complexity index is 207. The first-order valence-corrected chi connectivity index (χ1v) is 4.38. The van der Waals surface area contributed by atoms with E-state index < -0.39 is 0 Å². The molecule has 1 heterocycles. The van der Waals surface area contributed by atoms with Crippen LogP contribution >= 0.6 is 11.3 Å². The summed E-state index contributed by atoms with van der Waals surface area (Å²) in [5.74, 6) is 1.50. The molecule has 2 nitrogen and oxygen atoms in total. The van der Waals surface area contributed by atoms with Crippen molar-refractivity contribution in [3.8, 4) is 0 Å². The quantitative estimate of drug-likeness (QED) is 0.695. The molecule has 10 heavy (non-hydrogen) atoms. The van der Waals surface area contributed by atoms with Crippen molar-refractivity contribution in [2.45, 2.75) is 12.3 Å². The van der Waals surface area contributed by atoms with E-state index in [1.165, 1.54) is 11.3 Å². The molecule has 0 spiro atoms. The van der Waals surface area contributed by atoms with Crippen molar-refractivity contribution in [1.82, 2.24) is 4.98 Å². The van der Waals surface area contributed by atoms with Crippen molar-refractivity contribution in [1.29, 1.82) is 0 Å². The lowest BCUT2D eigenvalue weighted by molar-refractivity contribution is 0.814. The summed E-state index contributed by atoms with van der Waals surface area (Å²) in [6.07, 6.45) is 3.24. The van der Waals surface area contributed by atoms with E-state index in [-0.39, 0.29) is 0 Å². The van der Waals surface area contributed by atoms with Crippen molar-refractivity contribution in [2.75, 3.05) is 6.54 Å². The van der Waals surface area contributed by atoms with Crippen LogP contribution in [0.3, 0.4) is 0 Å². The minimum Gasteiger partial charge on any atom is -0.330 e. The van der Waals surface area contributed by atoms with Crippen LogP contribution in [-0.4, -0.2) is 11.5 Å². The summed E-state index contributed by atoms with van der Waals surface area (Å²) in [5.41, 5.74) is 7.40. The standard InChI is InChI=1S/C7H10N2S/c8-2-5-1-6(5)7-3-9-4-10-7/h3-6H,1-2,8H2. The summed E-state index contributed by atoms with van der Waals surface area (Å²) >= 11 is 1.75. The molecule has 2 rings (SSSR count). The molecule has 0 radical (unpaired) electrons. The number of hydrogen-bond acceptors (Lipinski definition) is 3. The van der Waals surface area contributed by atoms with Crippen LogP contribution in [0.25, 0.3) is 0 Å². The van der Waals surface area contributed by atoms with Gasteiger partial charge in [0.25, 0.3) is 0 Å². The van der Waals surface area contributed by atoms with Crippen molar-refractivity contribution in [3.63, 3.8) is 0 Å². The average molecular weight is 154 g/mol. The number of aromatic nitrogens is 1. The molecule has 0 bridgehead atoms. The lowest BCUT2D eigenvalue weighted by Crippen LogP contribution is -2.01. The summed E-state index contributed by atoms with van der Waals surface area (Å²) in [6, 6.07) is 0. The van der Waals surface area contributed by atoms with Crippen LogP contribution in [0.4, 0.5) is 0 Å². The summed E-state index contributed by atoms with van der Waals surface area (Å²) in [6.45, 7) is 0.836. The lowest BCUT2D eigenvalue weighted by atomic mass is 10.3. The van der Waals surface area contributed by atoms with Crippen LogP contribution in [0.5, 0.6) is 0 Å². The molecule has 0 amide bonds. The van der Waals surface area contributed by atoms with Gasteiger partial charge in [0.15, 0.2) is 0 Å². The SMILES string of the molecule is NCC1CC1c1cncs1. The normalized spacial score (nSPS) is 30.5. The Balaban J connectivity index is 2.05. The second-order valence-corrected chi connectivity index (χ2v) is 3.66. The Morgan fingerprint density at radius 3 is 3.20 bits per heavy atom. The van der Waals surface area contributed by atoms with Gasteiger partial charge in [0, 0.05) is 11.1 Å². The van der Waals surface area contributed by atoms with E-state index in [0.29, 0.717) is 0 Å². The van der Waals surface area contributed by atoms with E-state index in [1.54, 1.807) is 11.3 Å². The van der Waals surface area contributed by atoms with Crippen LogP contribution in [0.15, 0.2) is 11.7 Å². The third kappa shape index (κ3) is 0.954. The fourth-order valence-electron chi connectivity index (χ4n) is 1.27. The fraction of sp³-hybridized carbons (Fsp3) is 0.571. The lowest BCUT2D eigenvalue weighted by Gasteiger charge is -1.88. The zero-order valence-corrected chi connectivity index (χ0v) is 6.47. The fourth-order valence-corrected chi connectivity index (χ4v) is 2.09. The second kappa shape index (κ2) is 2.32. The van der Waals surface area contributed by atoms with Crippen molar-refractivity contribution >= 4 is 11.3 Å². The second-order valence-electron chi connectivity index (χ2n) is 2.74. The largest absolute Gasteiger partial charge is 0.330 e. The maximum Gasteiger partial charge on any atom is 0.0794 e. The molecule has 1 saturated carbocycles. The van der Waals surface area contributed by atoms with E-state index in [0.717, 1.165) is 18.4 Å². The third-order valence-corrected chi connectivity index (χ3v) is 2.95. The first kappa shape index (κ1) is 6.31.